The van der Waals surface area contributed by atoms with Crippen LogP contribution in [-0.4, -0.2) is 23.0 Å². The summed E-state index contributed by atoms with van der Waals surface area (Å²) in [6.07, 6.45) is 1.49. The van der Waals surface area contributed by atoms with Crippen LogP contribution < -0.4 is 10.1 Å². The lowest BCUT2D eigenvalue weighted by molar-refractivity contribution is -0.134. The van der Waals surface area contributed by atoms with Crippen molar-refractivity contribution in [1.29, 1.82) is 0 Å². The first kappa shape index (κ1) is 22.6. The van der Waals surface area contributed by atoms with E-state index in [-0.39, 0.29) is 17.7 Å². The Morgan fingerprint density at radius 2 is 1.80 bits per heavy atom. The van der Waals surface area contributed by atoms with E-state index in [2.05, 4.69) is 34.1 Å². The van der Waals surface area contributed by atoms with Crippen LogP contribution in [0.1, 0.15) is 43.7 Å². The number of rotatable bonds is 8. The summed E-state index contributed by atoms with van der Waals surface area (Å²) < 4.78 is 5.81. The maximum absolute atomic E-state index is 12.9. The van der Waals surface area contributed by atoms with Gasteiger partial charge in [-0.05, 0) is 65.9 Å². The summed E-state index contributed by atoms with van der Waals surface area (Å²) in [5, 5.41) is 8.47. The number of nitrogens with zero attached hydrogens (tertiary/aromatic N) is 1. The fraction of sp³-hybridized carbons (Fsp3) is 0.304. The van der Waals surface area contributed by atoms with Crippen LogP contribution in [0.3, 0.4) is 0 Å². The monoisotopic (exact) mass is 462 g/mol. The van der Waals surface area contributed by atoms with Crippen LogP contribution in [0.25, 0.3) is 0 Å². The number of amides is 1. The van der Waals surface area contributed by atoms with E-state index in [1.807, 2.05) is 24.3 Å². The van der Waals surface area contributed by atoms with Crippen molar-refractivity contribution in [2.75, 3.05) is 6.54 Å². The van der Waals surface area contributed by atoms with Gasteiger partial charge >= 0.3 is 0 Å². The molecule has 2 unspecified atom stereocenters. The molecule has 0 fully saturated rings. The molecule has 0 saturated heterocycles. The molecule has 0 aliphatic heterocycles. The normalized spacial score (nSPS) is 13.5. The molecular weight excluding hydrogens is 439 g/mol. The highest BCUT2D eigenvalue weighted by molar-refractivity contribution is 7.08. The fourth-order valence-corrected chi connectivity index (χ4v) is 4.18. The summed E-state index contributed by atoms with van der Waals surface area (Å²) in [7, 11) is 0. The van der Waals surface area contributed by atoms with E-state index >= 15 is 0 Å². The van der Waals surface area contributed by atoms with Crippen molar-refractivity contribution in [3.8, 4) is 5.88 Å². The van der Waals surface area contributed by atoms with Crippen molar-refractivity contribution < 1.29 is 9.53 Å². The van der Waals surface area contributed by atoms with E-state index < -0.39 is 5.60 Å². The fourth-order valence-electron chi connectivity index (χ4n) is 3.21. The van der Waals surface area contributed by atoms with Gasteiger partial charge in [-0.15, -0.1) is 0 Å². The van der Waals surface area contributed by atoms with Gasteiger partial charge in [-0.2, -0.15) is 11.3 Å². The van der Waals surface area contributed by atoms with E-state index in [4.69, 9.17) is 27.9 Å². The summed E-state index contributed by atoms with van der Waals surface area (Å²) in [6.45, 7) is 6.10. The number of hydrogen-bond donors (Lipinski definition) is 1. The quantitative estimate of drug-likeness (QED) is 0.426. The Labute approximate surface area is 191 Å². The summed E-state index contributed by atoms with van der Waals surface area (Å²) in [4.78, 5) is 17.0. The minimum atomic E-state index is -1.08. The first-order valence-electron chi connectivity index (χ1n) is 9.62. The molecule has 7 heteroatoms. The number of aromatic nitrogens is 1. The van der Waals surface area contributed by atoms with Gasteiger partial charge in [-0.1, -0.05) is 42.3 Å². The maximum atomic E-state index is 12.9. The molecule has 0 aliphatic rings. The molecule has 2 aromatic heterocycles. The van der Waals surface area contributed by atoms with E-state index in [1.54, 1.807) is 37.3 Å². The molecule has 3 aromatic rings. The lowest BCUT2D eigenvalue weighted by Gasteiger charge is -2.28. The van der Waals surface area contributed by atoms with E-state index in [0.29, 0.717) is 22.5 Å². The summed E-state index contributed by atoms with van der Waals surface area (Å²) in [5.41, 5.74) is 1.29. The summed E-state index contributed by atoms with van der Waals surface area (Å²) in [5.74, 6) is 0.455. The van der Waals surface area contributed by atoms with Crippen LogP contribution in [0.2, 0.25) is 10.0 Å². The summed E-state index contributed by atoms with van der Waals surface area (Å²) >= 11 is 13.6. The van der Waals surface area contributed by atoms with Crippen LogP contribution >= 0.6 is 34.5 Å². The molecule has 0 saturated carbocycles. The highest BCUT2D eigenvalue weighted by Crippen LogP contribution is 2.34. The maximum Gasteiger partial charge on any atom is 0.263 e. The zero-order chi connectivity index (χ0) is 21.7. The third-order valence-corrected chi connectivity index (χ3v) is 6.24. The van der Waals surface area contributed by atoms with Gasteiger partial charge in [0.25, 0.3) is 5.91 Å². The molecule has 3 rings (SSSR count). The molecule has 30 heavy (non-hydrogen) atoms. The van der Waals surface area contributed by atoms with E-state index in [0.717, 1.165) is 0 Å². The molecule has 1 amide bonds. The van der Waals surface area contributed by atoms with Crippen LogP contribution in [0.5, 0.6) is 5.88 Å². The number of carbonyl (C=O) groups excluding carboxylic acids is 1. The first-order valence-corrected chi connectivity index (χ1v) is 11.3. The second kappa shape index (κ2) is 9.82. The molecule has 4 nitrogen and oxygen atoms in total. The van der Waals surface area contributed by atoms with Gasteiger partial charge in [0, 0.05) is 29.7 Å². The molecule has 0 aliphatic carbocycles. The van der Waals surface area contributed by atoms with Crippen LogP contribution in [0, 0.1) is 0 Å². The Bertz CT molecular complexity index is 958. The average Bonchev–Trinajstić information content (AvgIpc) is 3.24. The number of carbonyl (C=O) groups is 1. The highest BCUT2D eigenvalue weighted by Gasteiger charge is 2.32. The van der Waals surface area contributed by atoms with E-state index in [1.165, 1.54) is 17.3 Å². The molecule has 0 spiro atoms. The van der Waals surface area contributed by atoms with Crippen molar-refractivity contribution >= 4 is 40.4 Å². The number of benzene rings is 1. The lowest BCUT2D eigenvalue weighted by atomic mass is 9.83. The van der Waals surface area contributed by atoms with Gasteiger partial charge in [0.1, 0.15) is 0 Å². The number of pyridine rings is 1. The number of hydrogen-bond acceptors (Lipinski definition) is 4. The topological polar surface area (TPSA) is 51.2 Å². The SMILES string of the molecule is CC(c1ccc(Cl)cc1)C(CNC(=O)C(C)(C)Oc1ccc(Cl)cn1)c1ccsc1. The van der Waals surface area contributed by atoms with Crippen molar-refractivity contribution in [3.63, 3.8) is 0 Å². The Morgan fingerprint density at radius 3 is 2.40 bits per heavy atom. The molecular formula is C23H24Cl2N2O2S. The van der Waals surface area contributed by atoms with Crippen molar-refractivity contribution in [2.24, 2.45) is 0 Å². The smallest absolute Gasteiger partial charge is 0.263 e. The Morgan fingerprint density at radius 1 is 1.10 bits per heavy atom. The Kier molecular flexibility index (Phi) is 7.40. The molecule has 1 aromatic carbocycles. The third-order valence-electron chi connectivity index (χ3n) is 5.06. The van der Waals surface area contributed by atoms with Gasteiger partial charge in [-0.25, -0.2) is 4.98 Å². The van der Waals surface area contributed by atoms with Crippen LogP contribution in [-0.2, 0) is 4.79 Å². The first-order chi connectivity index (χ1) is 14.3. The van der Waals surface area contributed by atoms with Crippen LogP contribution in [0.15, 0.2) is 59.4 Å². The van der Waals surface area contributed by atoms with Crippen molar-refractivity contribution in [2.45, 2.75) is 38.2 Å². The predicted octanol–water partition coefficient (Wildman–Crippen LogP) is 6.31. The minimum absolute atomic E-state index is 0.117. The van der Waals surface area contributed by atoms with Gasteiger partial charge in [0.2, 0.25) is 5.88 Å². The van der Waals surface area contributed by atoms with Crippen molar-refractivity contribution in [1.82, 2.24) is 10.3 Å². The van der Waals surface area contributed by atoms with Gasteiger partial charge in [0.15, 0.2) is 5.60 Å². The molecule has 2 heterocycles. The lowest BCUT2D eigenvalue weighted by Crippen LogP contribution is -2.48. The molecule has 0 bridgehead atoms. The van der Waals surface area contributed by atoms with Crippen molar-refractivity contribution in [3.05, 3.63) is 80.6 Å². The standard InChI is InChI=1S/C23H24Cl2N2O2S/c1-15(16-4-6-18(24)7-5-16)20(17-10-11-30-14-17)13-27-22(28)23(2,3)29-21-9-8-19(25)12-26-21/h4-12,14-15,20H,13H2,1-3H3,(H,27,28). The molecule has 2 atom stereocenters. The minimum Gasteiger partial charge on any atom is -0.462 e. The highest BCUT2D eigenvalue weighted by atomic mass is 35.5. The molecule has 0 radical (unpaired) electrons. The number of halogens is 2. The van der Waals surface area contributed by atoms with Gasteiger partial charge < -0.3 is 10.1 Å². The average molecular weight is 463 g/mol. The largest absolute Gasteiger partial charge is 0.462 e. The second-order valence-electron chi connectivity index (χ2n) is 7.64. The van der Waals surface area contributed by atoms with Crippen LogP contribution in [0.4, 0.5) is 0 Å². The second-order valence-corrected chi connectivity index (χ2v) is 9.29. The Hall–Kier alpha value is -2.08. The predicted molar refractivity (Wildman–Crippen MR) is 124 cm³/mol. The Balaban J connectivity index is 1.71. The number of ether oxygens (including phenoxy) is 1. The van der Waals surface area contributed by atoms with E-state index in [9.17, 15) is 4.79 Å². The molecule has 158 valence electrons. The zero-order valence-electron chi connectivity index (χ0n) is 17.1. The van der Waals surface area contributed by atoms with Gasteiger partial charge in [0.05, 0.1) is 5.02 Å². The molecule has 1 N–H and O–H groups in total. The number of thiophene rings is 1. The van der Waals surface area contributed by atoms with Gasteiger partial charge in [-0.3, -0.25) is 4.79 Å². The number of nitrogens with one attached hydrogen (secondary N) is 1. The third kappa shape index (κ3) is 5.75. The zero-order valence-corrected chi connectivity index (χ0v) is 19.4. The summed E-state index contributed by atoms with van der Waals surface area (Å²) in [6, 6.07) is 13.3.